The normalized spacial score (nSPS) is 21.6. The van der Waals surface area contributed by atoms with Crippen molar-refractivity contribution < 1.29 is 24.5 Å². The lowest BCUT2D eigenvalue weighted by Gasteiger charge is -2.36. The van der Waals surface area contributed by atoms with Crippen molar-refractivity contribution in [1.29, 1.82) is 0 Å². The highest BCUT2D eigenvalue weighted by Gasteiger charge is 2.38. The van der Waals surface area contributed by atoms with Crippen LogP contribution in [0.4, 0.5) is 5.69 Å². The van der Waals surface area contributed by atoms with Crippen LogP contribution in [0.15, 0.2) is 52.9 Å². The van der Waals surface area contributed by atoms with Crippen LogP contribution in [0.1, 0.15) is 31.2 Å². The minimum absolute atomic E-state index is 0.0103. The number of phenols is 1. The van der Waals surface area contributed by atoms with Crippen molar-refractivity contribution in [2.45, 2.75) is 32.0 Å². The summed E-state index contributed by atoms with van der Waals surface area (Å²) in [4.78, 5) is 12.8. The first-order valence-corrected chi connectivity index (χ1v) is 10.3. The Morgan fingerprint density at radius 1 is 1.32 bits per heavy atom. The molecule has 0 unspecified atom stereocenters. The van der Waals surface area contributed by atoms with Crippen LogP contribution in [-0.4, -0.2) is 35.6 Å². The van der Waals surface area contributed by atoms with Crippen molar-refractivity contribution >= 4 is 22.9 Å². The summed E-state index contributed by atoms with van der Waals surface area (Å²) in [6, 6.07) is 8.58. The molecule has 0 fully saturated rings. The van der Waals surface area contributed by atoms with Gasteiger partial charge < -0.3 is 25.0 Å². The summed E-state index contributed by atoms with van der Waals surface area (Å²) in [5.41, 5.74) is 1.41. The SMILES string of the molecule is CCO[C@@H]1OC(C(=O)Nc2ccccc2O)=C[C@H](c2ccsc2)[C@@H]1CCCO. The summed E-state index contributed by atoms with van der Waals surface area (Å²) in [6.07, 6.45) is 2.57. The quantitative estimate of drug-likeness (QED) is 0.583. The lowest BCUT2D eigenvalue weighted by atomic mass is 9.81. The molecule has 1 aliphatic rings. The van der Waals surface area contributed by atoms with Crippen molar-refractivity contribution in [3.63, 3.8) is 0 Å². The number of benzene rings is 1. The molecule has 1 aromatic carbocycles. The molecule has 1 aromatic heterocycles. The molecular weight excluding hydrogens is 378 g/mol. The first kappa shape index (κ1) is 20.4. The number of hydrogen-bond donors (Lipinski definition) is 3. The standard InChI is InChI=1S/C21H25NO5S/c1-2-26-21-15(6-5-10-23)16(14-9-11-28-13-14)12-19(27-21)20(25)22-17-7-3-4-8-18(17)24/h3-4,7-9,11-13,15-16,21,23-24H,2,5-6,10H2,1H3,(H,22,25)/t15-,16+,21+/m0/s1. The van der Waals surface area contributed by atoms with Crippen LogP contribution in [0.5, 0.6) is 5.75 Å². The molecule has 0 saturated carbocycles. The summed E-state index contributed by atoms with van der Waals surface area (Å²) in [7, 11) is 0. The molecule has 0 radical (unpaired) electrons. The van der Waals surface area contributed by atoms with Gasteiger partial charge >= 0.3 is 0 Å². The number of para-hydroxylation sites is 2. The van der Waals surface area contributed by atoms with Crippen molar-refractivity contribution in [2.75, 3.05) is 18.5 Å². The first-order valence-electron chi connectivity index (χ1n) is 9.36. The Morgan fingerprint density at radius 3 is 2.82 bits per heavy atom. The van der Waals surface area contributed by atoms with Crippen molar-refractivity contribution in [2.24, 2.45) is 5.92 Å². The number of aliphatic hydroxyl groups is 1. The summed E-state index contributed by atoms with van der Waals surface area (Å²) >= 11 is 1.59. The number of thiophene rings is 1. The van der Waals surface area contributed by atoms with E-state index >= 15 is 0 Å². The predicted octanol–water partition coefficient (Wildman–Crippen LogP) is 3.84. The van der Waals surface area contributed by atoms with Gasteiger partial charge in [0.25, 0.3) is 5.91 Å². The number of carbonyl (C=O) groups is 1. The molecule has 3 N–H and O–H groups in total. The Bertz CT molecular complexity index is 805. The third-order valence-corrected chi connectivity index (χ3v) is 5.42. The van der Waals surface area contributed by atoms with Crippen molar-refractivity contribution in [1.82, 2.24) is 0 Å². The molecule has 7 heteroatoms. The number of aromatic hydroxyl groups is 1. The molecule has 6 nitrogen and oxygen atoms in total. The fourth-order valence-corrected chi connectivity index (χ4v) is 4.08. The highest BCUT2D eigenvalue weighted by Crippen LogP contribution is 2.40. The van der Waals surface area contributed by atoms with E-state index in [1.165, 1.54) is 6.07 Å². The van der Waals surface area contributed by atoms with E-state index in [-0.39, 0.29) is 30.0 Å². The number of aliphatic hydroxyl groups excluding tert-OH is 1. The third-order valence-electron chi connectivity index (χ3n) is 4.72. The molecule has 0 spiro atoms. The zero-order valence-electron chi connectivity index (χ0n) is 15.7. The largest absolute Gasteiger partial charge is 0.506 e. The molecule has 0 bridgehead atoms. The Hall–Kier alpha value is -2.35. The van der Waals surface area contributed by atoms with E-state index in [9.17, 15) is 15.0 Å². The number of nitrogens with one attached hydrogen (secondary N) is 1. The number of rotatable bonds is 8. The lowest BCUT2D eigenvalue weighted by Crippen LogP contribution is -2.37. The summed E-state index contributed by atoms with van der Waals surface area (Å²) in [5.74, 6) is -0.356. The van der Waals surface area contributed by atoms with Gasteiger partial charge in [-0.3, -0.25) is 4.79 Å². The maximum absolute atomic E-state index is 12.8. The molecule has 2 heterocycles. The summed E-state index contributed by atoms with van der Waals surface area (Å²) in [5, 5.41) is 25.9. The van der Waals surface area contributed by atoms with Crippen LogP contribution in [-0.2, 0) is 14.3 Å². The molecule has 0 saturated heterocycles. The second-order valence-corrected chi connectivity index (χ2v) is 7.34. The van der Waals surface area contributed by atoms with E-state index in [1.54, 1.807) is 29.5 Å². The topological polar surface area (TPSA) is 88.0 Å². The average molecular weight is 404 g/mol. The van der Waals surface area contributed by atoms with E-state index in [1.807, 2.05) is 24.4 Å². The molecule has 0 aliphatic carbocycles. The van der Waals surface area contributed by atoms with Gasteiger partial charge in [0.1, 0.15) is 5.75 Å². The average Bonchev–Trinajstić information content (AvgIpc) is 3.23. The van der Waals surface area contributed by atoms with Crippen LogP contribution >= 0.6 is 11.3 Å². The molecule has 3 rings (SSSR count). The van der Waals surface area contributed by atoms with Crippen LogP contribution in [0.2, 0.25) is 0 Å². The number of phenolic OH excluding ortho intramolecular Hbond substituents is 1. The summed E-state index contributed by atoms with van der Waals surface area (Å²) in [6.45, 7) is 2.42. The maximum atomic E-state index is 12.8. The van der Waals surface area contributed by atoms with Gasteiger partial charge in [-0.25, -0.2) is 0 Å². The van der Waals surface area contributed by atoms with Gasteiger partial charge in [0.15, 0.2) is 5.76 Å². The smallest absolute Gasteiger partial charge is 0.290 e. The fraction of sp³-hybridized carbons (Fsp3) is 0.381. The molecule has 3 atom stereocenters. The number of allylic oxidation sites excluding steroid dienone is 1. The molecule has 28 heavy (non-hydrogen) atoms. The van der Waals surface area contributed by atoms with Gasteiger partial charge in [-0.15, -0.1) is 0 Å². The zero-order valence-corrected chi connectivity index (χ0v) is 16.5. The van der Waals surface area contributed by atoms with Gasteiger partial charge in [-0.05, 0) is 60.4 Å². The molecule has 1 aliphatic heterocycles. The zero-order chi connectivity index (χ0) is 19.9. The first-order chi connectivity index (χ1) is 13.6. The number of carbonyl (C=O) groups excluding carboxylic acids is 1. The van der Waals surface area contributed by atoms with Gasteiger partial charge in [0.2, 0.25) is 6.29 Å². The fourth-order valence-electron chi connectivity index (χ4n) is 3.37. The lowest BCUT2D eigenvalue weighted by molar-refractivity contribution is -0.164. The Labute approximate surface area is 168 Å². The minimum Gasteiger partial charge on any atom is -0.506 e. The van der Waals surface area contributed by atoms with Gasteiger partial charge in [0, 0.05) is 25.0 Å². The number of anilines is 1. The van der Waals surface area contributed by atoms with E-state index in [0.717, 1.165) is 5.56 Å². The number of ether oxygens (including phenoxy) is 2. The molecular formula is C21H25NO5S. The molecule has 2 aromatic rings. The van der Waals surface area contributed by atoms with Crippen LogP contribution in [0, 0.1) is 5.92 Å². The van der Waals surface area contributed by atoms with Crippen molar-refractivity contribution in [3.05, 3.63) is 58.5 Å². The van der Waals surface area contributed by atoms with E-state index < -0.39 is 12.2 Å². The van der Waals surface area contributed by atoms with E-state index in [2.05, 4.69) is 10.7 Å². The third kappa shape index (κ3) is 4.73. The predicted molar refractivity (Wildman–Crippen MR) is 108 cm³/mol. The number of hydrogen-bond acceptors (Lipinski definition) is 6. The summed E-state index contributed by atoms with van der Waals surface area (Å²) < 4.78 is 11.7. The second kappa shape index (κ2) is 9.73. The van der Waals surface area contributed by atoms with Crippen LogP contribution in [0.25, 0.3) is 0 Å². The monoisotopic (exact) mass is 403 g/mol. The second-order valence-electron chi connectivity index (χ2n) is 6.56. The molecule has 150 valence electrons. The number of amides is 1. The van der Waals surface area contributed by atoms with Crippen LogP contribution < -0.4 is 5.32 Å². The Kier molecular flexibility index (Phi) is 7.08. The van der Waals surface area contributed by atoms with Gasteiger partial charge in [-0.1, -0.05) is 12.1 Å². The van der Waals surface area contributed by atoms with E-state index in [4.69, 9.17) is 9.47 Å². The minimum atomic E-state index is -0.587. The van der Waals surface area contributed by atoms with Crippen molar-refractivity contribution in [3.8, 4) is 5.75 Å². The Morgan fingerprint density at radius 2 is 2.14 bits per heavy atom. The van der Waals surface area contributed by atoms with Gasteiger partial charge in [-0.2, -0.15) is 11.3 Å². The highest BCUT2D eigenvalue weighted by molar-refractivity contribution is 7.08. The molecule has 1 amide bonds. The van der Waals surface area contributed by atoms with E-state index in [0.29, 0.717) is 25.1 Å². The van der Waals surface area contributed by atoms with Gasteiger partial charge in [0.05, 0.1) is 5.69 Å². The highest BCUT2D eigenvalue weighted by atomic mass is 32.1. The Balaban J connectivity index is 1.89. The maximum Gasteiger partial charge on any atom is 0.290 e. The van der Waals surface area contributed by atoms with Crippen LogP contribution in [0.3, 0.4) is 0 Å².